The second-order valence-corrected chi connectivity index (χ2v) is 8.26. The fourth-order valence-corrected chi connectivity index (χ4v) is 3.89. The highest BCUT2D eigenvalue weighted by atomic mass is 32.1. The van der Waals surface area contributed by atoms with Gasteiger partial charge in [-0.05, 0) is 39.0 Å². The molecule has 3 rings (SSSR count). The zero-order valence-electron chi connectivity index (χ0n) is 17.1. The largest absolute Gasteiger partial charge is 0.435 e. The van der Waals surface area contributed by atoms with Crippen LogP contribution in [0.25, 0.3) is 15.9 Å². The summed E-state index contributed by atoms with van der Waals surface area (Å²) < 4.78 is 41.8. The Bertz CT molecular complexity index is 1090. The molecular formula is C20H22F3N5O2S. The van der Waals surface area contributed by atoms with E-state index in [1.165, 1.54) is 10.7 Å². The number of carbonyl (C=O) groups excluding carboxylic acids is 2. The van der Waals surface area contributed by atoms with Crippen LogP contribution in [0.15, 0.2) is 30.3 Å². The van der Waals surface area contributed by atoms with Crippen molar-refractivity contribution in [3.8, 4) is 5.69 Å². The molecule has 7 nitrogen and oxygen atoms in total. The van der Waals surface area contributed by atoms with Gasteiger partial charge in [-0.15, -0.1) is 11.3 Å². The maximum absolute atomic E-state index is 13.5. The fourth-order valence-electron chi connectivity index (χ4n) is 2.84. The van der Waals surface area contributed by atoms with Crippen molar-refractivity contribution in [3.05, 3.63) is 46.5 Å². The molecule has 1 aromatic carbocycles. The summed E-state index contributed by atoms with van der Waals surface area (Å²) in [5, 5.41) is 11.5. The minimum absolute atomic E-state index is 0.0240. The standard InChI is InChI=1S/C20H22F3N5O2S/c1-11(2)26-19(30)25-9-8-24-17(29)15-10-14-16(20(21,22)23)27-28(18(14)31-15)13-6-4-12(3)5-7-13/h4-7,10-11H,8-9H2,1-3H3,(H,24,29)(H2,25,26,30). The number of halogens is 3. The third kappa shape index (κ3) is 5.35. The van der Waals surface area contributed by atoms with Crippen LogP contribution in [0.3, 0.4) is 0 Å². The van der Waals surface area contributed by atoms with Gasteiger partial charge in [0, 0.05) is 24.5 Å². The summed E-state index contributed by atoms with van der Waals surface area (Å²) in [6.45, 7) is 5.82. The first-order valence-corrected chi connectivity index (χ1v) is 10.4. The van der Waals surface area contributed by atoms with Crippen molar-refractivity contribution >= 4 is 33.5 Å². The summed E-state index contributed by atoms with van der Waals surface area (Å²) in [5.74, 6) is -0.518. The third-order valence-electron chi connectivity index (χ3n) is 4.25. The van der Waals surface area contributed by atoms with Gasteiger partial charge in [0.2, 0.25) is 0 Å². The molecule has 0 saturated carbocycles. The number of hydrogen-bond acceptors (Lipinski definition) is 4. The second kappa shape index (κ2) is 8.96. The lowest BCUT2D eigenvalue weighted by Gasteiger charge is -2.10. The van der Waals surface area contributed by atoms with Gasteiger partial charge in [-0.3, -0.25) is 4.79 Å². The van der Waals surface area contributed by atoms with Gasteiger partial charge in [-0.2, -0.15) is 18.3 Å². The molecule has 0 spiro atoms. The Balaban J connectivity index is 1.80. The average Bonchev–Trinajstić information content (AvgIpc) is 3.24. The number of carbonyl (C=O) groups is 2. The topological polar surface area (TPSA) is 88.1 Å². The second-order valence-electron chi connectivity index (χ2n) is 7.23. The first-order valence-electron chi connectivity index (χ1n) is 9.55. The Labute approximate surface area is 180 Å². The molecule has 0 radical (unpaired) electrons. The lowest BCUT2D eigenvalue weighted by Crippen LogP contribution is -2.42. The number of amides is 3. The Morgan fingerprint density at radius 2 is 1.77 bits per heavy atom. The van der Waals surface area contributed by atoms with Gasteiger partial charge in [-0.1, -0.05) is 17.7 Å². The Morgan fingerprint density at radius 1 is 1.13 bits per heavy atom. The van der Waals surface area contributed by atoms with E-state index in [1.807, 2.05) is 20.8 Å². The highest BCUT2D eigenvalue weighted by molar-refractivity contribution is 7.20. The Kier molecular flexibility index (Phi) is 6.54. The number of benzene rings is 1. The van der Waals surface area contributed by atoms with Crippen LogP contribution in [0.4, 0.5) is 18.0 Å². The van der Waals surface area contributed by atoms with E-state index >= 15 is 0 Å². The van der Waals surface area contributed by atoms with Crippen molar-refractivity contribution in [3.63, 3.8) is 0 Å². The predicted molar refractivity (Wildman–Crippen MR) is 113 cm³/mol. The highest BCUT2D eigenvalue weighted by Crippen LogP contribution is 2.38. The Hall–Kier alpha value is -3.08. The van der Waals surface area contributed by atoms with Crippen molar-refractivity contribution < 1.29 is 22.8 Å². The quantitative estimate of drug-likeness (QED) is 0.496. The first kappa shape index (κ1) is 22.6. The number of urea groups is 1. The molecule has 0 aliphatic carbocycles. The number of hydrogen-bond donors (Lipinski definition) is 3. The van der Waals surface area contributed by atoms with E-state index in [1.54, 1.807) is 24.3 Å². The van der Waals surface area contributed by atoms with Crippen LogP contribution in [0.5, 0.6) is 0 Å². The number of rotatable bonds is 6. The zero-order valence-corrected chi connectivity index (χ0v) is 17.9. The average molecular weight is 453 g/mol. The van der Waals surface area contributed by atoms with Crippen LogP contribution >= 0.6 is 11.3 Å². The van der Waals surface area contributed by atoms with E-state index in [0.29, 0.717) is 5.69 Å². The molecule has 0 bridgehead atoms. The highest BCUT2D eigenvalue weighted by Gasteiger charge is 2.38. The number of fused-ring (bicyclic) bond motifs is 1. The maximum Gasteiger partial charge on any atom is 0.435 e. The van der Waals surface area contributed by atoms with Crippen molar-refractivity contribution in [2.45, 2.75) is 33.0 Å². The van der Waals surface area contributed by atoms with Crippen LogP contribution in [-0.4, -0.2) is 40.9 Å². The number of alkyl halides is 3. The molecule has 0 fully saturated rings. The minimum Gasteiger partial charge on any atom is -0.350 e. The SMILES string of the molecule is Cc1ccc(-n2nc(C(F)(F)F)c3cc(C(=O)NCCNC(=O)NC(C)C)sc32)cc1. The molecule has 0 unspecified atom stereocenters. The van der Waals surface area contributed by atoms with Gasteiger partial charge in [0.1, 0.15) is 4.83 Å². The van der Waals surface area contributed by atoms with Gasteiger partial charge in [-0.25, -0.2) is 9.48 Å². The molecule has 0 aliphatic heterocycles. The monoisotopic (exact) mass is 453 g/mol. The van der Waals surface area contributed by atoms with Crippen LogP contribution in [0.2, 0.25) is 0 Å². The number of aryl methyl sites for hydroxylation is 1. The molecule has 3 N–H and O–H groups in total. The lowest BCUT2D eigenvalue weighted by molar-refractivity contribution is -0.140. The van der Waals surface area contributed by atoms with Gasteiger partial charge in [0.15, 0.2) is 5.69 Å². The molecule has 3 amide bonds. The van der Waals surface area contributed by atoms with Crippen molar-refractivity contribution in [1.29, 1.82) is 0 Å². The molecule has 0 atom stereocenters. The van der Waals surface area contributed by atoms with Gasteiger partial charge in [0.05, 0.1) is 10.6 Å². The molecular weight excluding hydrogens is 431 g/mol. The molecule has 11 heteroatoms. The third-order valence-corrected chi connectivity index (χ3v) is 5.36. The molecule has 0 saturated heterocycles. The van der Waals surface area contributed by atoms with Gasteiger partial charge in [0.25, 0.3) is 5.91 Å². The maximum atomic E-state index is 13.5. The van der Waals surface area contributed by atoms with E-state index in [-0.39, 0.29) is 40.3 Å². The molecule has 3 aromatic rings. The number of nitrogens with one attached hydrogen (secondary N) is 3. The van der Waals surface area contributed by atoms with E-state index in [4.69, 9.17) is 0 Å². The van der Waals surface area contributed by atoms with E-state index < -0.39 is 17.8 Å². The van der Waals surface area contributed by atoms with E-state index in [9.17, 15) is 22.8 Å². The van der Waals surface area contributed by atoms with Crippen LogP contribution in [0.1, 0.15) is 34.8 Å². The summed E-state index contributed by atoms with van der Waals surface area (Å²) in [5.41, 5.74) is 0.399. The van der Waals surface area contributed by atoms with Crippen LogP contribution in [0, 0.1) is 6.92 Å². The van der Waals surface area contributed by atoms with E-state index in [0.717, 1.165) is 16.9 Å². The summed E-state index contributed by atoms with van der Waals surface area (Å²) in [6.07, 6.45) is -4.66. The van der Waals surface area contributed by atoms with Crippen molar-refractivity contribution in [2.24, 2.45) is 0 Å². The Morgan fingerprint density at radius 3 is 2.39 bits per heavy atom. The smallest absolute Gasteiger partial charge is 0.350 e. The molecule has 166 valence electrons. The minimum atomic E-state index is -4.66. The fraction of sp³-hybridized carbons (Fsp3) is 0.350. The summed E-state index contributed by atoms with van der Waals surface area (Å²) >= 11 is 0.929. The molecule has 0 aliphatic rings. The zero-order chi connectivity index (χ0) is 22.8. The van der Waals surface area contributed by atoms with E-state index in [2.05, 4.69) is 21.0 Å². The number of thiophene rings is 1. The van der Waals surface area contributed by atoms with Crippen molar-refractivity contribution in [1.82, 2.24) is 25.7 Å². The lowest BCUT2D eigenvalue weighted by atomic mass is 10.2. The van der Waals surface area contributed by atoms with Crippen LogP contribution in [-0.2, 0) is 6.18 Å². The summed E-state index contributed by atoms with van der Waals surface area (Å²) in [6, 6.07) is 7.72. The molecule has 2 heterocycles. The van der Waals surface area contributed by atoms with Crippen molar-refractivity contribution in [2.75, 3.05) is 13.1 Å². The van der Waals surface area contributed by atoms with Crippen LogP contribution < -0.4 is 16.0 Å². The van der Waals surface area contributed by atoms with Gasteiger partial charge >= 0.3 is 12.2 Å². The predicted octanol–water partition coefficient (Wildman–Crippen LogP) is 3.85. The summed E-state index contributed by atoms with van der Waals surface area (Å²) in [4.78, 5) is 24.3. The summed E-state index contributed by atoms with van der Waals surface area (Å²) in [7, 11) is 0. The number of aromatic nitrogens is 2. The first-order chi connectivity index (χ1) is 14.6. The van der Waals surface area contributed by atoms with Gasteiger partial charge < -0.3 is 16.0 Å². The molecule has 2 aromatic heterocycles. The normalized spacial score (nSPS) is 11.7. The molecule has 31 heavy (non-hydrogen) atoms. The number of nitrogens with zero attached hydrogens (tertiary/aromatic N) is 2.